The molecule has 1 rings (SSSR count). The van der Waals surface area contributed by atoms with Gasteiger partial charge in [0.1, 0.15) is 0 Å². The quantitative estimate of drug-likeness (QED) is 0.870. The standard InChI is InChI=1S/C9H9IN2OS/c1-6(2-3-11)12-9(13)7-4-8(10)14-5-7/h4-6H,2H2,1H3,(H,12,13). The van der Waals surface area contributed by atoms with E-state index in [1.54, 1.807) is 0 Å². The van der Waals surface area contributed by atoms with Gasteiger partial charge in [-0.25, -0.2) is 0 Å². The zero-order chi connectivity index (χ0) is 10.6. The summed E-state index contributed by atoms with van der Waals surface area (Å²) in [5.74, 6) is -0.105. The van der Waals surface area contributed by atoms with Crippen LogP contribution in [0.3, 0.4) is 0 Å². The number of nitrogens with zero attached hydrogens (tertiary/aromatic N) is 1. The van der Waals surface area contributed by atoms with Crippen LogP contribution in [0.2, 0.25) is 0 Å². The summed E-state index contributed by atoms with van der Waals surface area (Å²) in [7, 11) is 0. The Bertz CT molecular complexity index is 369. The van der Waals surface area contributed by atoms with E-state index in [4.69, 9.17) is 5.26 Å². The summed E-state index contributed by atoms with van der Waals surface area (Å²) >= 11 is 3.70. The van der Waals surface area contributed by atoms with Gasteiger partial charge in [0.15, 0.2) is 0 Å². The number of halogens is 1. The lowest BCUT2D eigenvalue weighted by Gasteiger charge is -2.08. The van der Waals surface area contributed by atoms with Crippen molar-refractivity contribution >= 4 is 39.8 Å². The van der Waals surface area contributed by atoms with Crippen LogP contribution in [0.4, 0.5) is 0 Å². The Morgan fingerprint density at radius 2 is 2.57 bits per heavy atom. The van der Waals surface area contributed by atoms with E-state index in [1.807, 2.05) is 24.4 Å². The van der Waals surface area contributed by atoms with Crippen molar-refractivity contribution < 1.29 is 4.79 Å². The highest BCUT2D eigenvalue weighted by atomic mass is 127. The lowest BCUT2D eigenvalue weighted by molar-refractivity contribution is 0.0941. The first-order valence-corrected chi connectivity index (χ1v) is 6.01. The molecule has 0 bridgehead atoms. The first-order valence-electron chi connectivity index (χ1n) is 4.05. The third-order valence-electron chi connectivity index (χ3n) is 1.60. The number of nitriles is 1. The summed E-state index contributed by atoms with van der Waals surface area (Å²) in [6.45, 7) is 1.82. The molecule has 3 nitrogen and oxygen atoms in total. The Morgan fingerprint density at radius 3 is 3.07 bits per heavy atom. The highest BCUT2D eigenvalue weighted by molar-refractivity contribution is 14.1. The summed E-state index contributed by atoms with van der Waals surface area (Å²) in [6.07, 6.45) is 0.340. The normalized spacial score (nSPS) is 11.8. The third-order valence-corrected chi connectivity index (χ3v) is 3.39. The van der Waals surface area contributed by atoms with Crippen LogP contribution >= 0.6 is 33.9 Å². The molecule has 0 fully saturated rings. The number of carbonyl (C=O) groups is 1. The van der Waals surface area contributed by atoms with Crippen LogP contribution in [0.5, 0.6) is 0 Å². The van der Waals surface area contributed by atoms with E-state index in [0.717, 1.165) is 2.88 Å². The molecule has 14 heavy (non-hydrogen) atoms. The number of hydrogen-bond acceptors (Lipinski definition) is 3. The van der Waals surface area contributed by atoms with E-state index in [0.29, 0.717) is 12.0 Å². The van der Waals surface area contributed by atoms with Gasteiger partial charge in [-0.1, -0.05) is 0 Å². The summed E-state index contributed by atoms with van der Waals surface area (Å²) in [5, 5.41) is 13.0. The van der Waals surface area contributed by atoms with Crippen LogP contribution in [-0.4, -0.2) is 11.9 Å². The van der Waals surface area contributed by atoms with Crippen LogP contribution in [0.25, 0.3) is 0 Å². The summed E-state index contributed by atoms with van der Waals surface area (Å²) in [5.41, 5.74) is 0.671. The molecule has 0 saturated carbocycles. The fraction of sp³-hybridized carbons (Fsp3) is 0.333. The molecule has 1 unspecified atom stereocenters. The van der Waals surface area contributed by atoms with Crippen molar-refractivity contribution in [1.82, 2.24) is 5.32 Å². The SMILES string of the molecule is CC(CC#N)NC(=O)c1csc(I)c1. The Balaban J connectivity index is 2.55. The molecule has 1 N–H and O–H groups in total. The first kappa shape index (κ1) is 11.5. The molecular formula is C9H9IN2OS. The van der Waals surface area contributed by atoms with Gasteiger partial charge >= 0.3 is 0 Å². The molecule has 0 radical (unpaired) electrons. The summed E-state index contributed by atoms with van der Waals surface area (Å²) < 4.78 is 1.08. The van der Waals surface area contributed by atoms with Crippen molar-refractivity contribution in [2.24, 2.45) is 0 Å². The van der Waals surface area contributed by atoms with Gasteiger partial charge in [-0.05, 0) is 35.6 Å². The second-order valence-corrected chi connectivity index (χ2v) is 5.68. The average Bonchev–Trinajstić information content (AvgIpc) is 2.52. The van der Waals surface area contributed by atoms with Crippen molar-refractivity contribution in [3.63, 3.8) is 0 Å². The maximum Gasteiger partial charge on any atom is 0.252 e. The lowest BCUT2D eigenvalue weighted by Crippen LogP contribution is -2.31. The molecule has 0 aliphatic heterocycles. The van der Waals surface area contributed by atoms with Crippen LogP contribution in [-0.2, 0) is 0 Å². The van der Waals surface area contributed by atoms with E-state index < -0.39 is 0 Å². The molecule has 5 heteroatoms. The van der Waals surface area contributed by atoms with Gasteiger partial charge in [-0.2, -0.15) is 5.26 Å². The predicted octanol–water partition coefficient (Wildman–Crippen LogP) is 2.38. The molecule has 0 aromatic carbocycles. The second-order valence-electron chi connectivity index (χ2n) is 2.88. The molecule has 0 aliphatic rings. The molecule has 0 spiro atoms. The van der Waals surface area contributed by atoms with Crippen LogP contribution in [0.1, 0.15) is 23.7 Å². The molecule has 1 atom stereocenters. The van der Waals surface area contributed by atoms with Crippen molar-refractivity contribution in [2.45, 2.75) is 19.4 Å². The van der Waals surface area contributed by atoms with E-state index in [-0.39, 0.29) is 11.9 Å². The molecule has 0 saturated heterocycles. The minimum absolute atomic E-state index is 0.0925. The smallest absolute Gasteiger partial charge is 0.252 e. The molecule has 1 heterocycles. The zero-order valence-corrected chi connectivity index (χ0v) is 10.6. The van der Waals surface area contributed by atoms with E-state index >= 15 is 0 Å². The second kappa shape index (κ2) is 5.32. The lowest BCUT2D eigenvalue weighted by atomic mass is 10.2. The Kier molecular flexibility index (Phi) is 4.35. The number of amides is 1. The average molecular weight is 320 g/mol. The van der Waals surface area contributed by atoms with Crippen molar-refractivity contribution in [2.75, 3.05) is 0 Å². The minimum Gasteiger partial charge on any atom is -0.349 e. The monoisotopic (exact) mass is 320 g/mol. The molecule has 0 aliphatic carbocycles. The molecule has 1 aromatic rings. The van der Waals surface area contributed by atoms with Gasteiger partial charge in [0.05, 0.1) is 20.9 Å². The number of rotatable bonds is 3. The number of hydrogen-bond donors (Lipinski definition) is 1. The Hall–Kier alpha value is -0.610. The number of thiophene rings is 1. The summed E-state index contributed by atoms with van der Waals surface area (Å²) in [6, 6.07) is 3.76. The first-order chi connectivity index (χ1) is 6.63. The topological polar surface area (TPSA) is 52.9 Å². The maximum absolute atomic E-state index is 11.5. The highest BCUT2D eigenvalue weighted by Crippen LogP contribution is 2.16. The maximum atomic E-state index is 11.5. The third kappa shape index (κ3) is 3.27. The van der Waals surface area contributed by atoms with E-state index in [1.165, 1.54) is 11.3 Å². The van der Waals surface area contributed by atoms with Crippen molar-refractivity contribution in [3.05, 3.63) is 19.9 Å². The number of nitrogens with one attached hydrogen (secondary N) is 1. The van der Waals surface area contributed by atoms with Gasteiger partial charge < -0.3 is 5.32 Å². The van der Waals surface area contributed by atoms with Gasteiger partial charge in [-0.3, -0.25) is 4.79 Å². The van der Waals surface area contributed by atoms with E-state index in [2.05, 4.69) is 27.9 Å². The predicted molar refractivity (Wildman–Crippen MR) is 64.2 cm³/mol. The molecule has 1 amide bonds. The summed E-state index contributed by atoms with van der Waals surface area (Å²) in [4.78, 5) is 11.5. The highest BCUT2D eigenvalue weighted by Gasteiger charge is 2.10. The number of carbonyl (C=O) groups excluding carboxylic acids is 1. The van der Waals surface area contributed by atoms with Crippen molar-refractivity contribution in [1.29, 1.82) is 5.26 Å². The Morgan fingerprint density at radius 1 is 1.86 bits per heavy atom. The zero-order valence-electron chi connectivity index (χ0n) is 7.58. The molecule has 74 valence electrons. The van der Waals surface area contributed by atoms with Gasteiger partial charge in [0.25, 0.3) is 5.91 Å². The molecule has 1 aromatic heterocycles. The van der Waals surface area contributed by atoms with Gasteiger partial charge in [0, 0.05) is 11.4 Å². The van der Waals surface area contributed by atoms with E-state index in [9.17, 15) is 4.79 Å². The Labute approximate surface area is 100 Å². The van der Waals surface area contributed by atoms with Gasteiger partial charge in [0.2, 0.25) is 0 Å². The minimum atomic E-state index is -0.105. The fourth-order valence-corrected chi connectivity index (χ4v) is 2.25. The van der Waals surface area contributed by atoms with Crippen LogP contribution in [0, 0.1) is 14.2 Å². The molecular weight excluding hydrogens is 311 g/mol. The van der Waals surface area contributed by atoms with Gasteiger partial charge in [-0.15, -0.1) is 11.3 Å². The van der Waals surface area contributed by atoms with Crippen LogP contribution < -0.4 is 5.32 Å². The van der Waals surface area contributed by atoms with Crippen molar-refractivity contribution in [3.8, 4) is 6.07 Å². The largest absolute Gasteiger partial charge is 0.349 e. The van der Waals surface area contributed by atoms with Crippen LogP contribution in [0.15, 0.2) is 11.4 Å². The fourth-order valence-electron chi connectivity index (χ4n) is 0.924.